The van der Waals surface area contributed by atoms with Gasteiger partial charge in [-0.15, -0.1) is 0 Å². The van der Waals surface area contributed by atoms with Gasteiger partial charge in [0.2, 0.25) is 5.95 Å². The molecular formula is C17H25N5O. The van der Waals surface area contributed by atoms with E-state index in [0.717, 1.165) is 42.3 Å². The Morgan fingerprint density at radius 3 is 2.78 bits per heavy atom. The molecule has 23 heavy (non-hydrogen) atoms. The topological polar surface area (TPSA) is 62.3 Å². The van der Waals surface area contributed by atoms with Crippen molar-refractivity contribution in [2.45, 2.75) is 13.3 Å². The standard InChI is InChI=1S/C17H25N5O/c1-13-6-7-15(23-4)14(12-13)20-17-19-10-8-16(21-17)18-9-5-11-22(2)3/h6-8,10,12H,5,9,11H2,1-4H3,(H2,18,19,20,21). The molecule has 6 nitrogen and oxygen atoms in total. The molecule has 0 saturated carbocycles. The van der Waals surface area contributed by atoms with Crippen LogP contribution in [0, 0.1) is 6.92 Å². The molecule has 0 spiro atoms. The lowest BCUT2D eigenvalue weighted by Gasteiger charge is -2.12. The maximum atomic E-state index is 5.37. The van der Waals surface area contributed by atoms with Gasteiger partial charge in [-0.2, -0.15) is 4.98 Å². The van der Waals surface area contributed by atoms with Crippen LogP contribution in [-0.4, -0.2) is 49.2 Å². The summed E-state index contributed by atoms with van der Waals surface area (Å²) in [7, 11) is 5.79. The van der Waals surface area contributed by atoms with Crippen molar-refractivity contribution in [3.63, 3.8) is 0 Å². The van der Waals surface area contributed by atoms with Crippen LogP contribution in [-0.2, 0) is 0 Å². The summed E-state index contributed by atoms with van der Waals surface area (Å²) >= 11 is 0. The average Bonchev–Trinajstić information content (AvgIpc) is 2.52. The molecule has 6 heteroatoms. The molecule has 0 radical (unpaired) electrons. The highest BCUT2D eigenvalue weighted by molar-refractivity contribution is 5.64. The van der Waals surface area contributed by atoms with Gasteiger partial charge in [-0.25, -0.2) is 4.98 Å². The van der Waals surface area contributed by atoms with E-state index >= 15 is 0 Å². The van der Waals surface area contributed by atoms with Crippen molar-refractivity contribution in [1.29, 1.82) is 0 Å². The van der Waals surface area contributed by atoms with E-state index in [1.807, 2.05) is 31.2 Å². The Labute approximate surface area is 137 Å². The Hall–Kier alpha value is -2.34. The quantitative estimate of drug-likeness (QED) is 0.730. The maximum Gasteiger partial charge on any atom is 0.229 e. The number of benzene rings is 1. The highest BCUT2D eigenvalue weighted by Gasteiger charge is 2.06. The Balaban J connectivity index is 2.01. The molecule has 2 aromatic rings. The molecule has 1 heterocycles. The molecule has 1 aromatic heterocycles. The zero-order chi connectivity index (χ0) is 16.7. The zero-order valence-corrected chi connectivity index (χ0v) is 14.3. The van der Waals surface area contributed by atoms with Crippen molar-refractivity contribution in [3.8, 4) is 5.75 Å². The van der Waals surface area contributed by atoms with Crippen LogP contribution < -0.4 is 15.4 Å². The van der Waals surface area contributed by atoms with E-state index in [9.17, 15) is 0 Å². The minimum atomic E-state index is 0.548. The van der Waals surface area contributed by atoms with Gasteiger partial charge in [-0.3, -0.25) is 0 Å². The summed E-state index contributed by atoms with van der Waals surface area (Å²) in [6.07, 6.45) is 2.80. The predicted octanol–water partition coefficient (Wildman–Crippen LogP) is 2.90. The van der Waals surface area contributed by atoms with Crippen LogP contribution in [0.25, 0.3) is 0 Å². The van der Waals surface area contributed by atoms with Crippen LogP contribution in [0.1, 0.15) is 12.0 Å². The Morgan fingerprint density at radius 1 is 1.22 bits per heavy atom. The van der Waals surface area contributed by atoms with E-state index in [2.05, 4.69) is 39.6 Å². The first kappa shape index (κ1) is 17.0. The van der Waals surface area contributed by atoms with Gasteiger partial charge >= 0.3 is 0 Å². The molecule has 0 aliphatic heterocycles. The van der Waals surface area contributed by atoms with Crippen molar-refractivity contribution >= 4 is 17.5 Å². The summed E-state index contributed by atoms with van der Waals surface area (Å²) in [5, 5.41) is 6.53. The van der Waals surface area contributed by atoms with E-state index < -0.39 is 0 Å². The van der Waals surface area contributed by atoms with Gasteiger partial charge in [0.1, 0.15) is 11.6 Å². The summed E-state index contributed by atoms with van der Waals surface area (Å²) in [5.41, 5.74) is 2.00. The van der Waals surface area contributed by atoms with Crippen molar-refractivity contribution in [1.82, 2.24) is 14.9 Å². The fourth-order valence-corrected chi connectivity index (χ4v) is 2.17. The summed E-state index contributed by atoms with van der Waals surface area (Å²) < 4.78 is 5.37. The van der Waals surface area contributed by atoms with E-state index in [4.69, 9.17) is 4.74 Å². The Kier molecular flexibility index (Phi) is 6.17. The minimum absolute atomic E-state index is 0.548. The van der Waals surface area contributed by atoms with Crippen molar-refractivity contribution in [2.75, 3.05) is 44.9 Å². The minimum Gasteiger partial charge on any atom is -0.495 e. The van der Waals surface area contributed by atoms with Gasteiger partial charge in [0.15, 0.2) is 0 Å². The molecule has 2 N–H and O–H groups in total. The number of aromatic nitrogens is 2. The van der Waals surface area contributed by atoms with Crippen LogP contribution in [0.4, 0.5) is 17.5 Å². The average molecular weight is 315 g/mol. The largest absolute Gasteiger partial charge is 0.495 e. The highest BCUT2D eigenvalue weighted by atomic mass is 16.5. The Morgan fingerprint density at radius 2 is 2.04 bits per heavy atom. The lowest BCUT2D eigenvalue weighted by Crippen LogP contribution is -2.16. The van der Waals surface area contributed by atoms with Crippen molar-refractivity contribution in [3.05, 3.63) is 36.0 Å². The number of nitrogens with zero attached hydrogens (tertiary/aromatic N) is 3. The molecular weight excluding hydrogens is 290 g/mol. The number of rotatable bonds is 8. The second-order valence-electron chi connectivity index (χ2n) is 5.68. The summed E-state index contributed by atoms with van der Waals surface area (Å²) in [6, 6.07) is 7.82. The SMILES string of the molecule is COc1ccc(C)cc1Nc1nccc(NCCCN(C)C)n1. The predicted molar refractivity (Wildman–Crippen MR) is 94.7 cm³/mol. The first-order valence-corrected chi connectivity index (χ1v) is 7.72. The molecule has 0 atom stereocenters. The van der Waals surface area contributed by atoms with Crippen molar-refractivity contribution in [2.24, 2.45) is 0 Å². The lowest BCUT2D eigenvalue weighted by atomic mass is 10.2. The number of nitrogens with one attached hydrogen (secondary N) is 2. The third-order valence-electron chi connectivity index (χ3n) is 3.35. The third-order valence-corrected chi connectivity index (χ3v) is 3.35. The third kappa shape index (κ3) is 5.41. The van der Waals surface area contributed by atoms with Crippen LogP contribution in [0.15, 0.2) is 30.5 Å². The van der Waals surface area contributed by atoms with Gasteiger partial charge in [0.25, 0.3) is 0 Å². The molecule has 124 valence electrons. The first-order chi connectivity index (χ1) is 11.1. The van der Waals surface area contributed by atoms with Gasteiger partial charge in [-0.05, 0) is 57.7 Å². The summed E-state index contributed by atoms with van der Waals surface area (Å²) in [4.78, 5) is 10.9. The van der Waals surface area contributed by atoms with Gasteiger partial charge in [0, 0.05) is 12.7 Å². The maximum absolute atomic E-state index is 5.37. The number of aryl methyl sites for hydroxylation is 1. The molecule has 0 saturated heterocycles. The van der Waals surface area contributed by atoms with Gasteiger partial charge < -0.3 is 20.3 Å². The normalized spacial score (nSPS) is 10.7. The summed E-state index contributed by atoms with van der Waals surface area (Å²) in [6.45, 7) is 3.96. The fourth-order valence-electron chi connectivity index (χ4n) is 2.17. The van der Waals surface area contributed by atoms with E-state index in [1.54, 1.807) is 13.3 Å². The van der Waals surface area contributed by atoms with Crippen LogP contribution in [0.5, 0.6) is 5.75 Å². The molecule has 1 aromatic carbocycles. The molecule has 0 unspecified atom stereocenters. The first-order valence-electron chi connectivity index (χ1n) is 7.72. The number of anilines is 3. The van der Waals surface area contributed by atoms with Gasteiger partial charge in [0.05, 0.1) is 12.8 Å². The van der Waals surface area contributed by atoms with Crippen molar-refractivity contribution < 1.29 is 4.74 Å². The fraction of sp³-hybridized carbons (Fsp3) is 0.412. The van der Waals surface area contributed by atoms with Crippen LogP contribution in [0.3, 0.4) is 0 Å². The van der Waals surface area contributed by atoms with E-state index in [0.29, 0.717) is 5.95 Å². The number of hydrogen-bond donors (Lipinski definition) is 2. The number of ether oxygens (including phenoxy) is 1. The molecule has 2 rings (SSSR count). The Bertz CT molecular complexity index is 630. The highest BCUT2D eigenvalue weighted by Crippen LogP contribution is 2.27. The van der Waals surface area contributed by atoms with Crippen LogP contribution in [0.2, 0.25) is 0 Å². The molecule has 0 aliphatic carbocycles. The molecule has 0 amide bonds. The number of methoxy groups -OCH3 is 1. The second-order valence-corrected chi connectivity index (χ2v) is 5.68. The van der Waals surface area contributed by atoms with E-state index in [-0.39, 0.29) is 0 Å². The zero-order valence-electron chi connectivity index (χ0n) is 14.3. The number of hydrogen-bond acceptors (Lipinski definition) is 6. The molecule has 0 bridgehead atoms. The second kappa shape index (κ2) is 8.33. The molecule has 0 aliphatic rings. The molecule has 0 fully saturated rings. The smallest absolute Gasteiger partial charge is 0.229 e. The van der Waals surface area contributed by atoms with Crippen LogP contribution >= 0.6 is 0 Å². The summed E-state index contributed by atoms with van der Waals surface area (Å²) in [5.74, 6) is 2.13. The lowest BCUT2D eigenvalue weighted by molar-refractivity contribution is 0.405. The monoisotopic (exact) mass is 315 g/mol. The van der Waals surface area contributed by atoms with E-state index in [1.165, 1.54) is 0 Å². The van der Waals surface area contributed by atoms with Gasteiger partial charge in [-0.1, -0.05) is 6.07 Å².